The predicted molar refractivity (Wildman–Crippen MR) is 101 cm³/mol. The molecular formula is C19H29ClN2O3. The Morgan fingerprint density at radius 2 is 2.04 bits per heavy atom. The van der Waals surface area contributed by atoms with E-state index >= 15 is 0 Å². The lowest BCUT2D eigenvalue weighted by Gasteiger charge is -2.32. The fourth-order valence-corrected chi connectivity index (χ4v) is 3.31. The van der Waals surface area contributed by atoms with Crippen molar-refractivity contribution < 1.29 is 14.3 Å². The van der Waals surface area contributed by atoms with Crippen LogP contribution in [0.3, 0.4) is 0 Å². The van der Waals surface area contributed by atoms with Crippen molar-refractivity contribution in [2.24, 2.45) is 11.8 Å². The minimum atomic E-state index is -0.00137. The zero-order chi connectivity index (χ0) is 18.4. The third-order valence-corrected chi connectivity index (χ3v) is 4.71. The van der Waals surface area contributed by atoms with Crippen molar-refractivity contribution in [2.45, 2.75) is 26.7 Å². The number of carbonyl (C=O) groups excluding carboxylic acids is 1. The summed E-state index contributed by atoms with van der Waals surface area (Å²) < 4.78 is 11.1. The molecule has 1 fully saturated rings. The highest BCUT2D eigenvalue weighted by Crippen LogP contribution is 2.37. The fraction of sp³-hybridized carbons (Fsp3) is 0.632. The number of benzene rings is 1. The molecule has 0 atom stereocenters. The second kappa shape index (κ2) is 9.30. The predicted octanol–water partition coefficient (Wildman–Crippen LogP) is 3.46. The molecule has 1 amide bonds. The van der Waals surface area contributed by atoms with Crippen LogP contribution < -0.4 is 14.8 Å². The number of likely N-dealkylation sites (tertiary alicyclic amines) is 1. The molecule has 0 radical (unpaired) electrons. The van der Waals surface area contributed by atoms with Gasteiger partial charge in [-0.25, -0.2) is 0 Å². The average Bonchev–Trinajstić information content (AvgIpc) is 2.60. The van der Waals surface area contributed by atoms with E-state index in [0.717, 1.165) is 32.5 Å². The van der Waals surface area contributed by atoms with Gasteiger partial charge in [-0.05, 0) is 50.4 Å². The molecule has 1 aromatic rings. The van der Waals surface area contributed by atoms with Crippen LogP contribution in [0.25, 0.3) is 0 Å². The summed E-state index contributed by atoms with van der Waals surface area (Å²) in [5.74, 6) is 2.02. The van der Waals surface area contributed by atoms with Crippen LogP contribution in [0.15, 0.2) is 12.1 Å². The van der Waals surface area contributed by atoms with Crippen molar-refractivity contribution >= 4 is 17.5 Å². The summed E-state index contributed by atoms with van der Waals surface area (Å²) in [6.07, 6.45) is 2.04. The summed E-state index contributed by atoms with van der Waals surface area (Å²) in [6, 6.07) is 3.41. The maximum atomic E-state index is 12.8. The maximum Gasteiger partial charge on any atom is 0.254 e. The molecule has 0 aliphatic carbocycles. The minimum Gasteiger partial charge on any atom is -0.493 e. The molecule has 1 N–H and O–H groups in total. The Labute approximate surface area is 155 Å². The Kier molecular flexibility index (Phi) is 7.38. The van der Waals surface area contributed by atoms with Gasteiger partial charge in [-0.15, -0.1) is 0 Å². The zero-order valence-electron chi connectivity index (χ0n) is 15.6. The van der Waals surface area contributed by atoms with Crippen LogP contribution in [-0.4, -0.2) is 51.2 Å². The van der Waals surface area contributed by atoms with Gasteiger partial charge in [0.15, 0.2) is 11.5 Å². The molecule has 5 nitrogen and oxygen atoms in total. The second-order valence-corrected chi connectivity index (χ2v) is 7.39. The van der Waals surface area contributed by atoms with Crippen LogP contribution >= 0.6 is 11.6 Å². The average molecular weight is 369 g/mol. The van der Waals surface area contributed by atoms with Crippen LogP contribution in [0.5, 0.6) is 11.5 Å². The van der Waals surface area contributed by atoms with E-state index in [-0.39, 0.29) is 5.91 Å². The molecule has 6 heteroatoms. The monoisotopic (exact) mass is 368 g/mol. The zero-order valence-corrected chi connectivity index (χ0v) is 16.4. The Bertz CT molecular complexity index is 584. The van der Waals surface area contributed by atoms with Crippen LogP contribution in [0.4, 0.5) is 0 Å². The summed E-state index contributed by atoms with van der Waals surface area (Å²) in [5, 5.41) is 3.62. The Morgan fingerprint density at radius 1 is 1.36 bits per heavy atom. The summed E-state index contributed by atoms with van der Waals surface area (Å²) in [5.41, 5.74) is 0.547. The van der Waals surface area contributed by atoms with Gasteiger partial charge >= 0.3 is 0 Å². The lowest BCUT2D eigenvalue weighted by atomic mass is 9.96. The van der Waals surface area contributed by atoms with E-state index < -0.39 is 0 Å². The summed E-state index contributed by atoms with van der Waals surface area (Å²) in [6.45, 7) is 7.23. The molecule has 25 heavy (non-hydrogen) atoms. The molecule has 0 bridgehead atoms. The molecule has 0 aromatic heterocycles. The van der Waals surface area contributed by atoms with E-state index in [1.165, 1.54) is 0 Å². The van der Waals surface area contributed by atoms with Gasteiger partial charge in [0, 0.05) is 18.7 Å². The number of nitrogens with one attached hydrogen (secondary N) is 1. The number of rotatable bonds is 7. The van der Waals surface area contributed by atoms with E-state index in [0.29, 0.717) is 40.5 Å². The Morgan fingerprint density at radius 3 is 2.60 bits per heavy atom. The van der Waals surface area contributed by atoms with Gasteiger partial charge in [-0.1, -0.05) is 25.4 Å². The van der Waals surface area contributed by atoms with Gasteiger partial charge in [-0.2, -0.15) is 0 Å². The molecule has 1 aliphatic rings. The quantitative estimate of drug-likeness (QED) is 0.800. The molecule has 0 unspecified atom stereocenters. The van der Waals surface area contributed by atoms with E-state index in [9.17, 15) is 4.79 Å². The SMILES string of the molecule is CNCC1CCN(C(=O)c2cc(Cl)c(OCC(C)C)c(OC)c2)CC1. The lowest BCUT2D eigenvalue weighted by Crippen LogP contribution is -2.40. The lowest BCUT2D eigenvalue weighted by molar-refractivity contribution is 0.0690. The first-order chi connectivity index (χ1) is 12.0. The molecule has 2 rings (SSSR count). The number of hydrogen-bond acceptors (Lipinski definition) is 4. The van der Waals surface area contributed by atoms with Gasteiger partial charge in [0.25, 0.3) is 5.91 Å². The summed E-state index contributed by atoms with van der Waals surface area (Å²) in [7, 11) is 3.53. The van der Waals surface area contributed by atoms with Gasteiger partial charge in [-0.3, -0.25) is 4.79 Å². The van der Waals surface area contributed by atoms with Crippen molar-refractivity contribution in [3.8, 4) is 11.5 Å². The Balaban J connectivity index is 2.11. The van der Waals surface area contributed by atoms with Gasteiger partial charge < -0.3 is 19.7 Å². The molecule has 1 heterocycles. The molecule has 140 valence electrons. The van der Waals surface area contributed by atoms with E-state index in [4.69, 9.17) is 21.1 Å². The van der Waals surface area contributed by atoms with Gasteiger partial charge in [0.1, 0.15) is 0 Å². The number of ether oxygens (including phenoxy) is 2. The topological polar surface area (TPSA) is 50.8 Å². The fourth-order valence-electron chi connectivity index (χ4n) is 3.04. The number of carbonyl (C=O) groups is 1. The minimum absolute atomic E-state index is 0.00137. The first-order valence-corrected chi connectivity index (χ1v) is 9.28. The second-order valence-electron chi connectivity index (χ2n) is 6.99. The van der Waals surface area contributed by atoms with Crippen molar-refractivity contribution in [2.75, 3.05) is 40.4 Å². The number of halogens is 1. The molecular weight excluding hydrogens is 340 g/mol. The maximum absolute atomic E-state index is 12.8. The Hall–Kier alpha value is -1.46. The van der Waals surface area contributed by atoms with Crippen molar-refractivity contribution in [1.29, 1.82) is 0 Å². The highest BCUT2D eigenvalue weighted by Gasteiger charge is 2.25. The molecule has 1 saturated heterocycles. The van der Waals surface area contributed by atoms with Crippen LogP contribution in [0.2, 0.25) is 5.02 Å². The molecule has 1 aromatic carbocycles. The first kappa shape index (κ1) is 19.9. The molecule has 0 spiro atoms. The third-order valence-electron chi connectivity index (χ3n) is 4.43. The normalized spacial score (nSPS) is 15.5. The largest absolute Gasteiger partial charge is 0.493 e. The molecule has 0 saturated carbocycles. The number of amides is 1. The highest BCUT2D eigenvalue weighted by atomic mass is 35.5. The van der Waals surface area contributed by atoms with E-state index in [1.807, 2.05) is 11.9 Å². The molecule has 1 aliphatic heterocycles. The van der Waals surface area contributed by atoms with E-state index in [2.05, 4.69) is 19.2 Å². The third kappa shape index (κ3) is 5.25. The summed E-state index contributed by atoms with van der Waals surface area (Å²) in [4.78, 5) is 14.7. The summed E-state index contributed by atoms with van der Waals surface area (Å²) >= 11 is 6.36. The van der Waals surface area contributed by atoms with Crippen LogP contribution in [-0.2, 0) is 0 Å². The number of nitrogens with zero attached hydrogens (tertiary/aromatic N) is 1. The van der Waals surface area contributed by atoms with Crippen molar-refractivity contribution in [3.05, 3.63) is 22.7 Å². The van der Waals surface area contributed by atoms with Crippen molar-refractivity contribution in [1.82, 2.24) is 10.2 Å². The van der Waals surface area contributed by atoms with Crippen molar-refractivity contribution in [3.63, 3.8) is 0 Å². The smallest absolute Gasteiger partial charge is 0.254 e. The van der Waals surface area contributed by atoms with Crippen LogP contribution in [0, 0.1) is 11.8 Å². The number of hydrogen-bond donors (Lipinski definition) is 1. The van der Waals surface area contributed by atoms with Crippen LogP contribution in [0.1, 0.15) is 37.0 Å². The first-order valence-electron chi connectivity index (χ1n) is 8.90. The van der Waals surface area contributed by atoms with Gasteiger partial charge in [0.05, 0.1) is 18.7 Å². The standard InChI is InChI=1S/C19H29ClN2O3/c1-13(2)12-25-18-16(20)9-15(10-17(18)24-4)19(23)22-7-5-14(6-8-22)11-21-3/h9-10,13-14,21H,5-8,11-12H2,1-4H3. The number of methoxy groups -OCH3 is 1. The number of piperidine rings is 1. The highest BCUT2D eigenvalue weighted by molar-refractivity contribution is 6.32. The van der Waals surface area contributed by atoms with Gasteiger partial charge in [0.2, 0.25) is 0 Å². The van der Waals surface area contributed by atoms with E-state index in [1.54, 1.807) is 19.2 Å².